The number of hydrogen-bond acceptors (Lipinski definition) is 5. The zero-order valence-corrected chi connectivity index (χ0v) is 13.9. The summed E-state index contributed by atoms with van der Waals surface area (Å²) in [5.41, 5.74) is 6.96. The highest BCUT2D eigenvalue weighted by Crippen LogP contribution is 2.31. The SMILES string of the molecule is CC1(N2CCC(Nc3cc(F)ccc3N)CC2)CCN(C(=O)[O-])C1. The van der Waals surface area contributed by atoms with Crippen LogP contribution < -0.4 is 16.2 Å². The van der Waals surface area contributed by atoms with E-state index in [-0.39, 0.29) is 17.4 Å². The highest BCUT2D eigenvalue weighted by atomic mass is 19.1. The number of amides is 1. The average Bonchev–Trinajstić information content (AvgIpc) is 2.96. The van der Waals surface area contributed by atoms with Gasteiger partial charge < -0.3 is 25.9 Å². The Morgan fingerprint density at radius 3 is 2.71 bits per heavy atom. The lowest BCUT2D eigenvalue weighted by molar-refractivity contribution is -0.264. The summed E-state index contributed by atoms with van der Waals surface area (Å²) >= 11 is 0. The molecule has 2 fully saturated rings. The van der Waals surface area contributed by atoms with Crippen molar-refractivity contribution in [3.05, 3.63) is 24.0 Å². The highest BCUT2D eigenvalue weighted by molar-refractivity contribution is 5.66. The molecule has 3 N–H and O–H groups in total. The number of piperidine rings is 1. The van der Waals surface area contributed by atoms with Crippen molar-refractivity contribution in [2.75, 3.05) is 37.2 Å². The van der Waals surface area contributed by atoms with Crippen molar-refractivity contribution in [1.29, 1.82) is 0 Å². The highest BCUT2D eigenvalue weighted by Gasteiger charge is 2.40. The topological polar surface area (TPSA) is 84.7 Å². The first-order chi connectivity index (χ1) is 11.4. The van der Waals surface area contributed by atoms with Crippen molar-refractivity contribution >= 4 is 17.5 Å². The number of anilines is 2. The first kappa shape index (κ1) is 16.8. The molecule has 24 heavy (non-hydrogen) atoms. The van der Waals surface area contributed by atoms with Crippen LogP contribution in [-0.2, 0) is 0 Å². The van der Waals surface area contributed by atoms with Gasteiger partial charge in [-0.2, -0.15) is 0 Å². The molecule has 0 aliphatic carbocycles. The number of rotatable bonds is 3. The van der Waals surface area contributed by atoms with Crippen LogP contribution in [0.5, 0.6) is 0 Å². The van der Waals surface area contributed by atoms with Gasteiger partial charge in [-0.3, -0.25) is 4.90 Å². The number of nitrogen functional groups attached to an aromatic ring is 1. The Balaban J connectivity index is 1.56. The summed E-state index contributed by atoms with van der Waals surface area (Å²) in [5, 5.41) is 14.4. The van der Waals surface area contributed by atoms with E-state index in [0.29, 0.717) is 24.5 Å². The van der Waals surface area contributed by atoms with Gasteiger partial charge in [0.15, 0.2) is 0 Å². The summed E-state index contributed by atoms with van der Waals surface area (Å²) in [4.78, 5) is 14.8. The molecule has 0 saturated carbocycles. The van der Waals surface area contributed by atoms with Crippen molar-refractivity contribution < 1.29 is 14.3 Å². The Labute approximate surface area is 141 Å². The lowest BCUT2D eigenvalue weighted by atomic mass is 9.94. The van der Waals surface area contributed by atoms with E-state index >= 15 is 0 Å². The second-order valence-corrected chi connectivity index (χ2v) is 7.07. The van der Waals surface area contributed by atoms with Gasteiger partial charge in [0.1, 0.15) is 11.9 Å². The predicted octanol–water partition coefficient (Wildman–Crippen LogP) is 1.09. The number of halogens is 1. The number of nitrogens with zero attached hydrogens (tertiary/aromatic N) is 2. The van der Waals surface area contributed by atoms with E-state index in [1.165, 1.54) is 17.0 Å². The van der Waals surface area contributed by atoms with Gasteiger partial charge in [0, 0.05) is 37.8 Å². The molecule has 1 aromatic rings. The van der Waals surface area contributed by atoms with Gasteiger partial charge in [-0.05, 0) is 44.4 Å². The van der Waals surface area contributed by atoms with Crippen molar-refractivity contribution in [3.8, 4) is 0 Å². The van der Waals surface area contributed by atoms with Crippen LogP contribution in [0.25, 0.3) is 0 Å². The molecule has 7 heteroatoms. The van der Waals surface area contributed by atoms with E-state index in [4.69, 9.17) is 5.73 Å². The number of hydrogen-bond donors (Lipinski definition) is 2. The largest absolute Gasteiger partial charge is 0.530 e. The lowest BCUT2D eigenvalue weighted by Gasteiger charge is -2.43. The summed E-state index contributed by atoms with van der Waals surface area (Å²) in [6.07, 6.45) is 1.57. The minimum atomic E-state index is -1.09. The average molecular weight is 335 g/mol. The van der Waals surface area contributed by atoms with E-state index in [1.54, 1.807) is 6.07 Å². The van der Waals surface area contributed by atoms with E-state index in [2.05, 4.69) is 17.1 Å². The fourth-order valence-corrected chi connectivity index (χ4v) is 3.80. The quantitative estimate of drug-likeness (QED) is 0.808. The van der Waals surface area contributed by atoms with Crippen LogP contribution in [0.15, 0.2) is 18.2 Å². The second-order valence-electron chi connectivity index (χ2n) is 7.07. The zero-order valence-electron chi connectivity index (χ0n) is 13.9. The Hall–Kier alpha value is -2.02. The van der Waals surface area contributed by atoms with Crippen LogP contribution in [0, 0.1) is 5.82 Å². The first-order valence-corrected chi connectivity index (χ1v) is 8.40. The van der Waals surface area contributed by atoms with E-state index < -0.39 is 6.09 Å². The zero-order chi connectivity index (χ0) is 17.3. The number of likely N-dealkylation sites (tertiary alicyclic amines) is 2. The molecule has 0 aromatic heterocycles. The Morgan fingerprint density at radius 2 is 2.08 bits per heavy atom. The molecule has 0 bridgehead atoms. The minimum absolute atomic E-state index is 0.122. The van der Waals surface area contributed by atoms with Gasteiger partial charge in [0.25, 0.3) is 0 Å². The molecule has 2 aliphatic rings. The van der Waals surface area contributed by atoms with Gasteiger partial charge in [-0.25, -0.2) is 4.39 Å². The maximum atomic E-state index is 13.4. The molecule has 2 aliphatic heterocycles. The Bertz CT molecular complexity index is 619. The second kappa shape index (κ2) is 6.47. The summed E-state index contributed by atoms with van der Waals surface area (Å²) in [5.74, 6) is -0.301. The predicted molar refractivity (Wildman–Crippen MR) is 89.0 cm³/mol. The molecule has 3 rings (SSSR count). The van der Waals surface area contributed by atoms with Crippen molar-refractivity contribution in [3.63, 3.8) is 0 Å². The Kier molecular flexibility index (Phi) is 4.54. The fourth-order valence-electron chi connectivity index (χ4n) is 3.80. The number of carboxylic acid groups (broad SMARTS) is 1. The minimum Gasteiger partial charge on any atom is -0.530 e. The van der Waals surface area contributed by atoms with Crippen LogP contribution in [0.1, 0.15) is 26.2 Å². The third kappa shape index (κ3) is 3.40. The molecule has 0 radical (unpaired) electrons. The van der Waals surface area contributed by atoms with Gasteiger partial charge in [-0.1, -0.05) is 0 Å². The third-order valence-corrected chi connectivity index (χ3v) is 5.34. The van der Waals surface area contributed by atoms with Gasteiger partial charge in [-0.15, -0.1) is 0 Å². The summed E-state index contributed by atoms with van der Waals surface area (Å²) in [6, 6.07) is 4.60. The maximum Gasteiger partial charge on any atom is 0.136 e. The molecule has 0 spiro atoms. The van der Waals surface area contributed by atoms with Crippen LogP contribution >= 0.6 is 0 Å². The van der Waals surface area contributed by atoms with Gasteiger partial charge >= 0.3 is 0 Å². The molecular formula is C17H24FN4O2-. The van der Waals surface area contributed by atoms with Gasteiger partial charge in [0.2, 0.25) is 0 Å². The number of carbonyl (C=O) groups is 1. The molecule has 2 saturated heterocycles. The van der Waals surface area contributed by atoms with E-state index in [9.17, 15) is 14.3 Å². The molecule has 1 amide bonds. The Morgan fingerprint density at radius 1 is 1.38 bits per heavy atom. The molecule has 1 aromatic carbocycles. The maximum absolute atomic E-state index is 13.4. The molecule has 1 unspecified atom stereocenters. The van der Waals surface area contributed by atoms with E-state index in [1.807, 2.05) is 0 Å². The van der Waals surface area contributed by atoms with Crippen molar-refractivity contribution in [2.45, 2.75) is 37.8 Å². The number of benzene rings is 1. The van der Waals surface area contributed by atoms with Crippen LogP contribution in [-0.4, -0.2) is 53.7 Å². The van der Waals surface area contributed by atoms with Crippen molar-refractivity contribution in [2.24, 2.45) is 0 Å². The molecular weight excluding hydrogens is 311 g/mol. The lowest BCUT2D eigenvalue weighted by Crippen LogP contribution is -2.54. The van der Waals surface area contributed by atoms with Gasteiger partial charge in [0.05, 0.1) is 11.4 Å². The van der Waals surface area contributed by atoms with E-state index in [0.717, 1.165) is 32.4 Å². The summed E-state index contributed by atoms with van der Waals surface area (Å²) < 4.78 is 13.4. The standard InChI is InChI=1S/C17H25FN4O2/c1-17(6-9-21(11-17)16(23)24)22-7-4-13(5-8-22)20-15-10-12(18)2-3-14(15)19/h2-3,10,13,20H,4-9,11,19H2,1H3,(H,23,24)/p-1. The first-order valence-electron chi connectivity index (χ1n) is 8.40. The number of nitrogens with one attached hydrogen (secondary N) is 1. The molecule has 1 atom stereocenters. The van der Waals surface area contributed by atoms with Crippen LogP contribution in [0.2, 0.25) is 0 Å². The number of carbonyl (C=O) groups excluding carboxylic acids is 1. The number of nitrogens with two attached hydrogens (primary N) is 1. The normalized spacial score (nSPS) is 25.8. The molecule has 132 valence electrons. The summed E-state index contributed by atoms with van der Waals surface area (Å²) in [7, 11) is 0. The smallest absolute Gasteiger partial charge is 0.136 e. The van der Waals surface area contributed by atoms with Crippen LogP contribution in [0.4, 0.5) is 20.6 Å². The molecule has 2 heterocycles. The van der Waals surface area contributed by atoms with Crippen LogP contribution in [0.3, 0.4) is 0 Å². The van der Waals surface area contributed by atoms with Crippen molar-refractivity contribution in [1.82, 2.24) is 9.80 Å². The summed E-state index contributed by atoms with van der Waals surface area (Å²) in [6.45, 7) is 4.92. The fraction of sp³-hybridized carbons (Fsp3) is 0.588. The monoisotopic (exact) mass is 335 g/mol. The molecule has 6 nitrogen and oxygen atoms in total. The third-order valence-electron chi connectivity index (χ3n) is 5.34.